The normalized spacial score (nSPS) is 14.5. The molecular weight excluding hydrogens is 152 g/mol. The summed E-state index contributed by atoms with van der Waals surface area (Å²) < 4.78 is 5.13. The predicted molar refractivity (Wildman–Crippen MR) is 46.1 cm³/mol. The molecule has 1 aromatic heterocycles. The second kappa shape index (κ2) is 2.75. The van der Waals surface area contributed by atoms with Gasteiger partial charge in [-0.1, -0.05) is 0 Å². The van der Waals surface area contributed by atoms with Gasteiger partial charge in [-0.3, -0.25) is 0 Å². The number of ether oxygens (including phenoxy) is 1. The lowest BCUT2D eigenvalue weighted by Crippen LogP contribution is -2.00. The maximum atomic E-state index is 5.13. The second-order valence-electron chi connectivity index (χ2n) is 3.02. The van der Waals surface area contributed by atoms with Crippen LogP contribution < -0.4 is 10.1 Å². The number of nitrogens with one attached hydrogen (secondary N) is 1. The standard InChI is InChI=1S/C9H12N2O/c1-6-3-7-4-10-5-8(7)11-9(6)12-2/h3,10H,4-5H2,1-2H3. The number of hydrogen-bond donors (Lipinski definition) is 1. The van der Waals surface area contributed by atoms with Gasteiger partial charge in [-0.2, -0.15) is 0 Å². The van der Waals surface area contributed by atoms with Crippen LogP contribution in [0.25, 0.3) is 0 Å². The van der Waals surface area contributed by atoms with Crippen LogP contribution in [0.1, 0.15) is 16.8 Å². The van der Waals surface area contributed by atoms with Gasteiger partial charge in [0.1, 0.15) is 0 Å². The Bertz CT molecular complexity index is 309. The number of fused-ring (bicyclic) bond motifs is 1. The van der Waals surface area contributed by atoms with Crippen LogP contribution in [0.4, 0.5) is 0 Å². The Morgan fingerprint density at radius 1 is 1.50 bits per heavy atom. The van der Waals surface area contributed by atoms with Crippen molar-refractivity contribution in [1.29, 1.82) is 0 Å². The van der Waals surface area contributed by atoms with E-state index in [4.69, 9.17) is 4.74 Å². The molecular formula is C9H12N2O. The third-order valence-corrected chi connectivity index (χ3v) is 2.14. The summed E-state index contributed by atoms with van der Waals surface area (Å²) in [6.07, 6.45) is 0. The van der Waals surface area contributed by atoms with Crippen LogP contribution in [0.2, 0.25) is 0 Å². The van der Waals surface area contributed by atoms with E-state index < -0.39 is 0 Å². The van der Waals surface area contributed by atoms with Gasteiger partial charge in [0.15, 0.2) is 0 Å². The molecule has 1 aliphatic heterocycles. The van der Waals surface area contributed by atoms with Crippen LogP contribution in [-0.4, -0.2) is 12.1 Å². The van der Waals surface area contributed by atoms with E-state index in [2.05, 4.69) is 16.4 Å². The summed E-state index contributed by atoms with van der Waals surface area (Å²) in [6, 6.07) is 2.14. The van der Waals surface area contributed by atoms with Crippen molar-refractivity contribution in [3.63, 3.8) is 0 Å². The smallest absolute Gasteiger partial charge is 0.216 e. The Morgan fingerprint density at radius 2 is 2.33 bits per heavy atom. The molecule has 0 atom stereocenters. The Labute approximate surface area is 71.8 Å². The van der Waals surface area contributed by atoms with Gasteiger partial charge in [-0.05, 0) is 18.6 Å². The Hall–Kier alpha value is -1.09. The number of hydrogen-bond acceptors (Lipinski definition) is 3. The topological polar surface area (TPSA) is 34.1 Å². The Morgan fingerprint density at radius 3 is 3.08 bits per heavy atom. The molecule has 0 fully saturated rings. The fraction of sp³-hybridized carbons (Fsp3) is 0.444. The third kappa shape index (κ3) is 1.06. The van der Waals surface area contributed by atoms with E-state index in [9.17, 15) is 0 Å². The summed E-state index contributed by atoms with van der Waals surface area (Å²) in [7, 11) is 1.66. The van der Waals surface area contributed by atoms with Crippen molar-refractivity contribution in [1.82, 2.24) is 10.3 Å². The lowest BCUT2D eigenvalue weighted by atomic mass is 10.2. The second-order valence-corrected chi connectivity index (χ2v) is 3.02. The molecule has 64 valence electrons. The molecule has 2 heterocycles. The SMILES string of the molecule is COc1nc2c(cc1C)CNC2. The molecule has 12 heavy (non-hydrogen) atoms. The molecule has 0 bridgehead atoms. The monoisotopic (exact) mass is 164 g/mol. The number of nitrogens with zero attached hydrogens (tertiary/aromatic N) is 1. The van der Waals surface area contributed by atoms with Crippen LogP contribution >= 0.6 is 0 Å². The van der Waals surface area contributed by atoms with E-state index in [0.717, 1.165) is 30.2 Å². The van der Waals surface area contributed by atoms with Gasteiger partial charge in [-0.15, -0.1) is 0 Å². The molecule has 1 aliphatic rings. The van der Waals surface area contributed by atoms with Crippen molar-refractivity contribution in [2.75, 3.05) is 7.11 Å². The summed E-state index contributed by atoms with van der Waals surface area (Å²) in [5, 5.41) is 3.25. The first-order valence-corrected chi connectivity index (χ1v) is 4.05. The number of methoxy groups -OCH3 is 1. The Balaban J connectivity index is 2.49. The highest BCUT2D eigenvalue weighted by Gasteiger charge is 2.13. The van der Waals surface area contributed by atoms with E-state index in [1.807, 2.05) is 6.92 Å². The Kier molecular flexibility index (Phi) is 1.73. The van der Waals surface area contributed by atoms with E-state index in [0.29, 0.717) is 0 Å². The van der Waals surface area contributed by atoms with Crippen molar-refractivity contribution >= 4 is 0 Å². The lowest BCUT2D eigenvalue weighted by Gasteiger charge is -2.05. The third-order valence-electron chi connectivity index (χ3n) is 2.14. The molecule has 0 aromatic carbocycles. The van der Waals surface area contributed by atoms with Gasteiger partial charge in [0.2, 0.25) is 5.88 Å². The zero-order valence-corrected chi connectivity index (χ0v) is 7.35. The average molecular weight is 164 g/mol. The largest absolute Gasteiger partial charge is 0.481 e. The fourth-order valence-electron chi connectivity index (χ4n) is 1.52. The quantitative estimate of drug-likeness (QED) is 0.672. The molecule has 0 aliphatic carbocycles. The average Bonchev–Trinajstić information content (AvgIpc) is 2.49. The highest BCUT2D eigenvalue weighted by molar-refractivity contribution is 5.35. The van der Waals surface area contributed by atoms with Crippen LogP contribution in [0.3, 0.4) is 0 Å². The van der Waals surface area contributed by atoms with Crippen LogP contribution in [0.5, 0.6) is 5.88 Å². The minimum Gasteiger partial charge on any atom is -0.481 e. The van der Waals surface area contributed by atoms with Crippen LogP contribution in [-0.2, 0) is 13.1 Å². The van der Waals surface area contributed by atoms with E-state index in [1.165, 1.54) is 5.56 Å². The molecule has 0 radical (unpaired) electrons. The van der Waals surface area contributed by atoms with Crippen LogP contribution in [0, 0.1) is 6.92 Å². The zero-order chi connectivity index (χ0) is 8.55. The first kappa shape index (κ1) is 7.55. The predicted octanol–water partition coefficient (Wildman–Crippen LogP) is 1.00. The van der Waals surface area contributed by atoms with Crippen molar-refractivity contribution in [3.8, 4) is 5.88 Å². The van der Waals surface area contributed by atoms with Gasteiger partial charge in [-0.25, -0.2) is 4.98 Å². The summed E-state index contributed by atoms with van der Waals surface area (Å²) in [6.45, 7) is 3.82. The lowest BCUT2D eigenvalue weighted by molar-refractivity contribution is 0.393. The molecule has 3 nitrogen and oxygen atoms in total. The summed E-state index contributed by atoms with van der Waals surface area (Å²) >= 11 is 0. The molecule has 0 saturated carbocycles. The van der Waals surface area contributed by atoms with Gasteiger partial charge < -0.3 is 10.1 Å². The molecule has 1 N–H and O–H groups in total. The van der Waals surface area contributed by atoms with Gasteiger partial charge in [0, 0.05) is 18.7 Å². The van der Waals surface area contributed by atoms with Crippen molar-refractivity contribution in [2.24, 2.45) is 0 Å². The first-order chi connectivity index (χ1) is 5.81. The highest BCUT2D eigenvalue weighted by Crippen LogP contribution is 2.21. The van der Waals surface area contributed by atoms with Gasteiger partial charge in [0.25, 0.3) is 0 Å². The van der Waals surface area contributed by atoms with Crippen molar-refractivity contribution in [3.05, 3.63) is 22.9 Å². The maximum absolute atomic E-state index is 5.13. The van der Waals surface area contributed by atoms with Gasteiger partial charge in [0.05, 0.1) is 12.8 Å². The number of aryl methyl sites for hydroxylation is 1. The van der Waals surface area contributed by atoms with E-state index in [1.54, 1.807) is 7.11 Å². The van der Waals surface area contributed by atoms with Crippen molar-refractivity contribution < 1.29 is 4.74 Å². The molecule has 1 aromatic rings. The molecule has 3 heteroatoms. The number of aromatic nitrogens is 1. The minimum atomic E-state index is 0.748. The first-order valence-electron chi connectivity index (χ1n) is 4.05. The summed E-state index contributed by atoms with van der Waals surface area (Å²) in [5.41, 5.74) is 3.53. The van der Waals surface area contributed by atoms with Crippen LogP contribution in [0.15, 0.2) is 6.07 Å². The maximum Gasteiger partial charge on any atom is 0.216 e. The molecule has 0 saturated heterocycles. The number of rotatable bonds is 1. The van der Waals surface area contributed by atoms with Gasteiger partial charge >= 0.3 is 0 Å². The molecule has 0 unspecified atom stereocenters. The fourth-order valence-corrected chi connectivity index (χ4v) is 1.52. The summed E-state index contributed by atoms with van der Waals surface area (Å²) in [5.74, 6) is 0.748. The van der Waals surface area contributed by atoms with E-state index >= 15 is 0 Å². The minimum absolute atomic E-state index is 0.748. The van der Waals surface area contributed by atoms with Crippen molar-refractivity contribution in [2.45, 2.75) is 20.0 Å². The zero-order valence-electron chi connectivity index (χ0n) is 7.35. The van der Waals surface area contributed by atoms with E-state index in [-0.39, 0.29) is 0 Å². The molecule has 0 amide bonds. The summed E-state index contributed by atoms with van der Waals surface area (Å²) in [4.78, 5) is 4.39. The molecule has 0 spiro atoms. The number of pyridine rings is 1. The highest BCUT2D eigenvalue weighted by atomic mass is 16.5. The molecule has 2 rings (SSSR count).